The number of amides is 2. The fourth-order valence-corrected chi connectivity index (χ4v) is 3.47. The van der Waals surface area contributed by atoms with Crippen molar-refractivity contribution in [3.05, 3.63) is 96.2 Å². The minimum Gasteiger partial charge on any atom is -0.353 e. The first-order valence-corrected chi connectivity index (χ1v) is 10.3. The van der Waals surface area contributed by atoms with Crippen LogP contribution in [0.15, 0.2) is 85.1 Å². The van der Waals surface area contributed by atoms with Gasteiger partial charge in [-0.25, -0.2) is 4.98 Å². The second kappa shape index (κ2) is 9.71. The Bertz CT molecular complexity index is 1040. The number of nitrogens with one attached hydrogen (secondary N) is 1. The summed E-state index contributed by atoms with van der Waals surface area (Å²) in [5.41, 5.74) is 2.33. The number of aromatic nitrogens is 1. The summed E-state index contributed by atoms with van der Waals surface area (Å²) in [6, 6.07) is 22.8. The van der Waals surface area contributed by atoms with Crippen molar-refractivity contribution in [3.63, 3.8) is 0 Å². The van der Waals surface area contributed by atoms with E-state index in [4.69, 9.17) is 0 Å². The van der Waals surface area contributed by atoms with Gasteiger partial charge in [0.25, 0.3) is 5.91 Å². The molecule has 1 fully saturated rings. The van der Waals surface area contributed by atoms with Crippen molar-refractivity contribution in [2.75, 3.05) is 36.4 Å². The van der Waals surface area contributed by atoms with Gasteiger partial charge in [0.15, 0.2) is 0 Å². The molecule has 0 bridgehead atoms. The van der Waals surface area contributed by atoms with Crippen LogP contribution in [0, 0.1) is 0 Å². The molecule has 1 aromatic heterocycles. The lowest BCUT2D eigenvalue weighted by Crippen LogP contribution is -2.49. The zero-order chi connectivity index (χ0) is 21.5. The molecule has 2 amide bonds. The summed E-state index contributed by atoms with van der Waals surface area (Å²) in [6.45, 7) is 2.74. The lowest BCUT2D eigenvalue weighted by molar-refractivity contribution is -0.111. The Balaban J connectivity index is 1.29. The van der Waals surface area contributed by atoms with Crippen LogP contribution in [0.4, 0.5) is 11.5 Å². The molecule has 0 radical (unpaired) electrons. The highest BCUT2D eigenvalue weighted by Crippen LogP contribution is 2.17. The van der Waals surface area contributed by atoms with E-state index in [0.29, 0.717) is 18.8 Å². The van der Waals surface area contributed by atoms with Crippen molar-refractivity contribution in [1.29, 1.82) is 0 Å². The maximum Gasteiger partial charge on any atom is 0.253 e. The fraction of sp³-hybridized carbons (Fsp3) is 0.160. The third-order valence-electron chi connectivity index (χ3n) is 5.15. The van der Waals surface area contributed by atoms with Crippen LogP contribution < -0.4 is 10.2 Å². The molecule has 6 heteroatoms. The Morgan fingerprint density at radius 2 is 1.52 bits per heavy atom. The maximum atomic E-state index is 12.6. The van der Waals surface area contributed by atoms with Crippen molar-refractivity contribution in [1.82, 2.24) is 9.88 Å². The Morgan fingerprint density at radius 1 is 0.839 bits per heavy atom. The number of anilines is 2. The first-order valence-electron chi connectivity index (χ1n) is 10.3. The molecule has 0 spiro atoms. The van der Waals surface area contributed by atoms with Crippen molar-refractivity contribution < 1.29 is 9.59 Å². The van der Waals surface area contributed by atoms with Gasteiger partial charge in [-0.05, 0) is 35.9 Å². The summed E-state index contributed by atoms with van der Waals surface area (Å²) >= 11 is 0. The van der Waals surface area contributed by atoms with E-state index in [2.05, 4.69) is 15.2 Å². The van der Waals surface area contributed by atoms with Gasteiger partial charge in [-0.3, -0.25) is 9.59 Å². The third kappa shape index (κ3) is 5.36. The van der Waals surface area contributed by atoms with Crippen molar-refractivity contribution >= 4 is 29.4 Å². The molecule has 0 aliphatic carbocycles. The van der Waals surface area contributed by atoms with E-state index >= 15 is 0 Å². The SMILES string of the molecule is O=C(/C=C/c1ccccc1)Nc1ccc(N2CCN(C(=O)c3ccccc3)CC2)nc1. The van der Waals surface area contributed by atoms with E-state index < -0.39 is 0 Å². The van der Waals surface area contributed by atoms with Crippen LogP contribution in [0.1, 0.15) is 15.9 Å². The molecule has 1 N–H and O–H groups in total. The Kier molecular flexibility index (Phi) is 6.38. The van der Waals surface area contributed by atoms with E-state index in [1.54, 1.807) is 12.3 Å². The average Bonchev–Trinajstić information content (AvgIpc) is 2.84. The number of rotatable bonds is 5. The van der Waals surface area contributed by atoms with E-state index in [9.17, 15) is 9.59 Å². The predicted octanol–water partition coefficient (Wildman–Crippen LogP) is 3.70. The molecule has 156 valence electrons. The van der Waals surface area contributed by atoms with Crippen LogP contribution in [0.25, 0.3) is 6.08 Å². The van der Waals surface area contributed by atoms with Crippen LogP contribution in [-0.2, 0) is 4.79 Å². The highest BCUT2D eigenvalue weighted by molar-refractivity contribution is 6.01. The number of hydrogen-bond donors (Lipinski definition) is 1. The lowest BCUT2D eigenvalue weighted by atomic mass is 10.2. The molecule has 0 saturated carbocycles. The number of carbonyl (C=O) groups excluding carboxylic acids is 2. The molecule has 0 unspecified atom stereocenters. The second-order valence-corrected chi connectivity index (χ2v) is 7.28. The monoisotopic (exact) mass is 412 g/mol. The zero-order valence-electron chi connectivity index (χ0n) is 17.1. The van der Waals surface area contributed by atoms with Gasteiger partial charge in [-0.2, -0.15) is 0 Å². The molecule has 1 saturated heterocycles. The molecule has 6 nitrogen and oxygen atoms in total. The molecule has 31 heavy (non-hydrogen) atoms. The van der Waals surface area contributed by atoms with Crippen LogP contribution >= 0.6 is 0 Å². The first-order chi connectivity index (χ1) is 15.2. The number of benzene rings is 2. The molecule has 2 aromatic carbocycles. The normalized spacial score (nSPS) is 13.9. The van der Waals surface area contributed by atoms with Gasteiger partial charge < -0.3 is 15.1 Å². The quantitative estimate of drug-likeness (QED) is 0.649. The molecule has 2 heterocycles. The van der Waals surface area contributed by atoms with Crippen molar-refractivity contribution in [3.8, 4) is 0 Å². The Morgan fingerprint density at radius 3 is 2.16 bits per heavy atom. The van der Waals surface area contributed by atoms with Crippen LogP contribution in [0.3, 0.4) is 0 Å². The largest absolute Gasteiger partial charge is 0.353 e. The van der Waals surface area contributed by atoms with Gasteiger partial charge in [-0.15, -0.1) is 0 Å². The van der Waals surface area contributed by atoms with Gasteiger partial charge in [0.2, 0.25) is 5.91 Å². The van der Waals surface area contributed by atoms with Gasteiger partial charge in [0.05, 0.1) is 11.9 Å². The standard InChI is InChI=1S/C25H24N4O2/c30-24(14-11-20-7-3-1-4-8-20)27-22-12-13-23(26-19-22)28-15-17-29(18-16-28)25(31)21-9-5-2-6-10-21/h1-14,19H,15-18H2,(H,27,30)/b14-11+. The highest BCUT2D eigenvalue weighted by Gasteiger charge is 2.22. The smallest absolute Gasteiger partial charge is 0.253 e. The van der Waals surface area contributed by atoms with Crippen molar-refractivity contribution in [2.24, 2.45) is 0 Å². The minimum absolute atomic E-state index is 0.0647. The second-order valence-electron chi connectivity index (χ2n) is 7.28. The molecule has 3 aromatic rings. The van der Waals surface area contributed by atoms with Crippen molar-refractivity contribution in [2.45, 2.75) is 0 Å². The topological polar surface area (TPSA) is 65.5 Å². The molecule has 1 aliphatic heterocycles. The Hall–Kier alpha value is -3.93. The van der Waals surface area contributed by atoms with Gasteiger partial charge in [0.1, 0.15) is 5.82 Å². The van der Waals surface area contributed by atoms with E-state index in [1.165, 1.54) is 6.08 Å². The molecular formula is C25H24N4O2. The van der Waals surface area contributed by atoms with Gasteiger partial charge in [0, 0.05) is 37.8 Å². The van der Waals surface area contributed by atoms with Gasteiger partial charge in [-0.1, -0.05) is 48.5 Å². The number of nitrogens with zero attached hydrogens (tertiary/aromatic N) is 3. The number of pyridine rings is 1. The summed E-state index contributed by atoms with van der Waals surface area (Å²) in [6.07, 6.45) is 4.94. The number of piperazine rings is 1. The van der Waals surface area contributed by atoms with E-state index in [0.717, 1.165) is 30.0 Å². The average molecular weight is 412 g/mol. The van der Waals surface area contributed by atoms with E-state index in [-0.39, 0.29) is 11.8 Å². The van der Waals surface area contributed by atoms with Crippen LogP contribution in [0.5, 0.6) is 0 Å². The molecule has 0 atom stereocenters. The molecular weight excluding hydrogens is 388 g/mol. The third-order valence-corrected chi connectivity index (χ3v) is 5.15. The fourth-order valence-electron chi connectivity index (χ4n) is 3.47. The molecule has 1 aliphatic rings. The summed E-state index contributed by atoms with van der Waals surface area (Å²) < 4.78 is 0. The summed E-state index contributed by atoms with van der Waals surface area (Å²) in [7, 11) is 0. The minimum atomic E-state index is -0.202. The maximum absolute atomic E-state index is 12.6. The summed E-state index contributed by atoms with van der Waals surface area (Å²) in [5.74, 6) is 0.700. The number of carbonyl (C=O) groups is 2. The zero-order valence-corrected chi connectivity index (χ0v) is 17.1. The summed E-state index contributed by atoms with van der Waals surface area (Å²) in [4.78, 5) is 33.2. The lowest BCUT2D eigenvalue weighted by Gasteiger charge is -2.35. The first kappa shape index (κ1) is 20.3. The highest BCUT2D eigenvalue weighted by atomic mass is 16.2. The predicted molar refractivity (Wildman–Crippen MR) is 123 cm³/mol. The van der Waals surface area contributed by atoms with Crippen LogP contribution in [-0.4, -0.2) is 47.9 Å². The number of hydrogen-bond acceptors (Lipinski definition) is 4. The molecule has 4 rings (SSSR count). The summed E-state index contributed by atoms with van der Waals surface area (Å²) in [5, 5.41) is 2.82. The van der Waals surface area contributed by atoms with Crippen LogP contribution in [0.2, 0.25) is 0 Å². The van der Waals surface area contributed by atoms with E-state index in [1.807, 2.05) is 77.7 Å². The van der Waals surface area contributed by atoms with Gasteiger partial charge >= 0.3 is 0 Å². The Labute approximate surface area is 181 Å².